The molecule has 3 nitrogen and oxygen atoms in total. The minimum Gasteiger partial charge on any atom is -0.472 e. The van der Waals surface area contributed by atoms with Gasteiger partial charge in [-0.25, -0.2) is 4.98 Å². The highest BCUT2D eigenvalue weighted by atomic mass is 16.5. The molecule has 1 unspecified atom stereocenters. The van der Waals surface area contributed by atoms with Crippen molar-refractivity contribution in [3.05, 3.63) is 35.9 Å². The van der Waals surface area contributed by atoms with E-state index >= 15 is 0 Å². The van der Waals surface area contributed by atoms with Gasteiger partial charge in [-0.05, 0) is 50.9 Å². The van der Waals surface area contributed by atoms with Crippen molar-refractivity contribution in [1.82, 2.24) is 9.88 Å². The van der Waals surface area contributed by atoms with Crippen LogP contribution in [0.2, 0.25) is 0 Å². The van der Waals surface area contributed by atoms with E-state index in [1.165, 1.54) is 31.3 Å². The first-order chi connectivity index (χ1) is 9.79. The van der Waals surface area contributed by atoms with E-state index in [2.05, 4.69) is 36.1 Å². The molecule has 4 heterocycles. The molecule has 2 bridgehead atoms. The van der Waals surface area contributed by atoms with Crippen LogP contribution in [0.15, 0.2) is 30.3 Å². The number of benzene rings is 1. The van der Waals surface area contributed by atoms with Crippen molar-refractivity contribution in [2.24, 2.45) is 5.92 Å². The van der Waals surface area contributed by atoms with Crippen LogP contribution in [0.1, 0.15) is 18.4 Å². The summed E-state index contributed by atoms with van der Waals surface area (Å²) in [5.74, 6) is 1.54. The van der Waals surface area contributed by atoms with Crippen molar-refractivity contribution in [2.45, 2.75) is 25.9 Å². The topological polar surface area (TPSA) is 25.4 Å². The predicted octanol–water partition coefficient (Wildman–Crippen LogP) is 3.02. The molecule has 0 radical (unpaired) electrons. The molecule has 0 amide bonds. The van der Waals surface area contributed by atoms with Crippen LogP contribution in [0.5, 0.6) is 5.88 Å². The van der Waals surface area contributed by atoms with Gasteiger partial charge < -0.3 is 4.74 Å². The summed E-state index contributed by atoms with van der Waals surface area (Å²) in [5.41, 5.74) is 2.16. The van der Waals surface area contributed by atoms with Gasteiger partial charge in [-0.1, -0.05) is 18.2 Å². The summed E-state index contributed by atoms with van der Waals surface area (Å²) in [4.78, 5) is 7.23. The summed E-state index contributed by atoms with van der Waals surface area (Å²) in [7, 11) is 0. The first kappa shape index (κ1) is 12.2. The van der Waals surface area contributed by atoms with E-state index in [1.54, 1.807) is 0 Å². The highest BCUT2D eigenvalue weighted by molar-refractivity contribution is 5.79. The maximum Gasteiger partial charge on any atom is 0.217 e. The van der Waals surface area contributed by atoms with Gasteiger partial charge in [0.15, 0.2) is 0 Å². The minimum absolute atomic E-state index is 0.324. The molecule has 0 spiro atoms. The van der Waals surface area contributed by atoms with E-state index in [4.69, 9.17) is 9.72 Å². The largest absolute Gasteiger partial charge is 0.472 e. The quantitative estimate of drug-likeness (QED) is 0.837. The van der Waals surface area contributed by atoms with Crippen LogP contribution in [0.25, 0.3) is 10.9 Å². The van der Waals surface area contributed by atoms with Gasteiger partial charge in [-0.15, -0.1) is 0 Å². The minimum atomic E-state index is 0.324. The third kappa shape index (κ3) is 2.06. The van der Waals surface area contributed by atoms with Gasteiger partial charge in [0.1, 0.15) is 6.10 Å². The second kappa shape index (κ2) is 4.74. The molecular weight excluding hydrogens is 248 g/mol. The van der Waals surface area contributed by atoms with Gasteiger partial charge in [0.2, 0.25) is 5.88 Å². The monoisotopic (exact) mass is 268 g/mol. The number of piperidine rings is 3. The maximum atomic E-state index is 6.28. The maximum absolute atomic E-state index is 6.28. The fraction of sp³-hybridized carbons (Fsp3) is 0.471. The van der Waals surface area contributed by atoms with Gasteiger partial charge in [0.25, 0.3) is 0 Å². The summed E-state index contributed by atoms with van der Waals surface area (Å²) in [6.07, 6.45) is 2.87. The molecule has 3 aliphatic heterocycles. The Bertz CT molecular complexity index is 632. The van der Waals surface area contributed by atoms with Crippen molar-refractivity contribution < 1.29 is 4.74 Å². The standard InChI is InChI=1S/C17H20N2O/c1-12-10-14-4-2-3-5-15(14)18-17(12)20-16-11-19-8-6-13(16)7-9-19/h2-5,10,13,16H,6-9,11H2,1H3. The Balaban J connectivity index is 1.63. The number of fused-ring (bicyclic) bond motifs is 4. The fourth-order valence-corrected chi connectivity index (χ4v) is 3.51. The normalized spacial score (nSPS) is 28.8. The lowest BCUT2D eigenvalue weighted by atomic mass is 9.86. The number of pyridine rings is 1. The summed E-state index contributed by atoms with van der Waals surface area (Å²) in [6, 6.07) is 10.4. The average Bonchev–Trinajstić information content (AvgIpc) is 2.49. The molecule has 1 aromatic heterocycles. The molecule has 1 atom stereocenters. The number of ether oxygens (including phenoxy) is 1. The average molecular weight is 268 g/mol. The second-order valence-electron chi connectivity index (χ2n) is 6.10. The van der Waals surface area contributed by atoms with Crippen molar-refractivity contribution >= 4 is 10.9 Å². The van der Waals surface area contributed by atoms with E-state index in [-0.39, 0.29) is 0 Å². The molecular formula is C17H20N2O. The van der Waals surface area contributed by atoms with E-state index < -0.39 is 0 Å². The van der Waals surface area contributed by atoms with Crippen LogP contribution >= 0.6 is 0 Å². The molecule has 20 heavy (non-hydrogen) atoms. The van der Waals surface area contributed by atoms with Crippen molar-refractivity contribution in [3.63, 3.8) is 0 Å². The fourth-order valence-electron chi connectivity index (χ4n) is 3.51. The zero-order valence-electron chi connectivity index (χ0n) is 11.9. The molecule has 1 aromatic carbocycles. The van der Waals surface area contributed by atoms with Crippen LogP contribution in [0.4, 0.5) is 0 Å². The van der Waals surface area contributed by atoms with Crippen LogP contribution in [-0.4, -0.2) is 35.6 Å². The van der Waals surface area contributed by atoms with Gasteiger partial charge in [-0.3, -0.25) is 4.90 Å². The lowest BCUT2D eigenvalue weighted by Gasteiger charge is -2.44. The third-order valence-corrected chi connectivity index (χ3v) is 4.73. The Morgan fingerprint density at radius 1 is 1.20 bits per heavy atom. The van der Waals surface area contributed by atoms with E-state index in [9.17, 15) is 0 Å². The number of hydrogen-bond donors (Lipinski definition) is 0. The number of aryl methyl sites for hydroxylation is 1. The van der Waals surface area contributed by atoms with Gasteiger partial charge >= 0.3 is 0 Å². The predicted molar refractivity (Wildman–Crippen MR) is 80.1 cm³/mol. The molecule has 3 heteroatoms. The lowest BCUT2D eigenvalue weighted by molar-refractivity contribution is -0.0101. The summed E-state index contributed by atoms with van der Waals surface area (Å²) < 4.78 is 6.28. The molecule has 0 aliphatic carbocycles. The molecule has 3 saturated heterocycles. The zero-order valence-corrected chi connectivity index (χ0v) is 11.9. The number of para-hydroxylation sites is 1. The van der Waals surface area contributed by atoms with E-state index in [0.29, 0.717) is 12.0 Å². The third-order valence-electron chi connectivity index (χ3n) is 4.73. The van der Waals surface area contributed by atoms with Gasteiger partial charge in [0.05, 0.1) is 5.52 Å². The number of hydrogen-bond acceptors (Lipinski definition) is 3. The zero-order chi connectivity index (χ0) is 13.5. The van der Waals surface area contributed by atoms with Crippen molar-refractivity contribution in [3.8, 4) is 5.88 Å². The molecule has 2 aromatic rings. The highest BCUT2D eigenvalue weighted by Crippen LogP contribution is 2.31. The van der Waals surface area contributed by atoms with Crippen LogP contribution in [-0.2, 0) is 0 Å². The molecule has 3 aliphatic rings. The van der Waals surface area contributed by atoms with Crippen molar-refractivity contribution in [1.29, 1.82) is 0 Å². The second-order valence-corrected chi connectivity index (χ2v) is 6.10. The Kier molecular flexibility index (Phi) is 2.88. The molecule has 0 saturated carbocycles. The molecule has 3 fully saturated rings. The summed E-state index contributed by atoms with van der Waals surface area (Å²) in [6.45, 7) is 5.65. The van der Waals surface area contributed by atoms with E-state index in [0.717, 1.165) is 23.5 Å². The highest BCUT2D eigenvalue weighted by Gasteiger charge is 2.35. The molecule has 104 valence electrons. The number of nitrogens with zero attached hydrogens (tertiary/aromatic N) is 2. The van der Waals surface area contributed by atoms with Crippen LogP contribution in [0, 0.1) is 12.8 Å². The van der Waals surface area contributed by atoms with Crippen LogP contribution < -0.4 is 4.74 Å². The summed E-state index contributed by atoms with van der Waals surface area (Å²) >= 11 is 0. The lowest BCUT2D eigenvalue weighted by Crippen LogP contribution is -2.52. The number of aromatic nitrogens is 1. The van der Waals surface area contributed by atoms with Crippen molar-refractivity contribution in [2.75, 3.05) is 19.6 Å². The first-order valence-electron chi connectivity index (χ1n) is 7.55. The Morgan fingerprint density at radius 3 is 2.75 bits per heavy atom. The van der Waals surface area contributed by atoms with Gasteiger partial charge in [-0.2, -0.15) is 0 Å². The SMILES string of the molecule is Cc1cc2ccccc2nc1OC1CN2CCC1CC2. The van der Waals surface area contributed by atoms with E-state index in [1.807, 2.05) is 6.07 Å². The Morgan fingerprint density at radius 2 is 2.00 bits per heavy atom. The summed E-state index contributed by atoms with van der Waals surface area (Å²) in [5, 5.41) is 1.19. The smallest absolute Gasteiger partial charge is 0.217 e. The first-order valence-corrected chi connectivity index (χ1v) is 7.55. The van der Waals surface area contributed by atoms with Gasteiger partial charge in [0, 0.05) is 17.5 Å². The molecule has 5 rings (SSSR count). The number of rotatable bonds is 2. The Hall–Kier alpha value is -1.61. The van der Waals surface area contributed by atoms with Crippen LogP contribution in [0.3, 0.4) is 0 Å². The Labute approximate surface area is 119 Å². The molecule has 0 N–H and O–H groups in total.